The van der Waals surface area contributed by atoms with Gasteiger partial charge in [0.1, 0.15) is 17.2 Å². The molecular weight excluding hydrogens is 548 g/mol. The lowest BCUT2D eigenvalue weighted by atomic mass is 9.77. The summed E-state index contributed by atoms with van der Waals surface area (Å²) in [6.45, 7) is 2.11. The topological polar surface area (TPSA) is 107 Å². The minimum absolute atomic E-state index is 0.0156. The lowest BCUT2D eigenvalue weighted by molar-refractivity contribution is -0.384. The first-order chi connectivity index (χ1) is 21.0. The molecule has 222 valence electrons. The SMILES string of the molecule is COc1ccc(/C=C2\CCC[C@@H]3C2=NN(C(=O)c2ccc(N4CCOCC4)c([N+](=O)[O-])c2)[C@@H]3c2ccc(OC)cc2)cc1. The van der Waals surface area contributed by atoms with Gasteiger partial charge >= 0.3 is 0 Å². The van der Waals surface area contributed by atoms with E-state index in [-0.39, 0.29) is 29.1 Å². The summed E-state index contributed by atoms with van der Waals surface area (Å²) in [5.74, 6) is 1.12. The molecule has 1 saturated heterocycles. The Morgan fingerprint density at radius 1 is 1.00 bits per heavy atom. The van der Waals surface area contributed by atoms with Gasteiger partial charge in [-0.15, -0.1) is 0 Å². The summed E-state index contributed by atoms with van der Waals surface area (Å²) in [5.41, 5.74) is 4.55. The molecule has 3 aromatic carbocycles. The molecule has 0 N–H and O–H groups in total. The van der Waals surface area contributed by atoms with Crippen molar-refractivity contribution in [2.45, 2.75) is 25.3 Å². The third-order valence-electron chi connectivity index (χ3n) is 8.39. The number of anilines is 1. The summed E-state index contributed by atoms with van der Waals surface area (Å²) >= 11 is 0. The van der Waals surface area contributed by atoms with Crippen molar-refractivity contribution >= 4 is 29.1 Å². The molecule has 0 bridgehead atoms. The van der Waals surface area contributed by atoms with Gasteiger partial charge in [0, 0.05) is 30.6 Å². The van der Waals surface area contributed by atoms with Gasteiger partial charge in [-0.25, -0.2) is 5.01 Å². The number of methoxy groups -OCH3 is 2. The van der Waals surface area contributed by atoms with Gasteiger partial charge in [0.05, 0.1) is 44.1 Å². The average molecular weight is 583 g/mol. The van der Waals surface area contributed by atoms with Gasteiger partial charge in [-0.05, 0) is 78.4 Å². The van der Waals surface area contributed by atoms with E-state index in [1.165, 1.54) is 11.1 Å². The molecule has 0 radical (unpaired) electrons. The van der Waals surface area contributed by atoms with Gasteiger partial charge in [-0.2, -0.15) is 5.10 Å². The molecule has 0 aromatic heterocycles. The van der Waals surface area contributed by atoms with E-state index in [0.717, 1.165) is 53.2 Å². The van der Waals surface area contributed by atoms with Crippen molar-refractivity contribution in [3.63, 3.8) is 0 Å². The molecule has 2 heterocycles. The number of nitro benzene ring substituents is 1. The molecule has 10 nitrogen and oxygen atoms in total. The van der Waals surface area contributed by atoms with Gasteiger partial charge < -0.3 is 19.1 Å². The first-order valence-electron chi connectivity index (χ1n) is 14.5. The number of hydrogen-bond acceptors (Lipinski definition) is 8. The van der Waals surface area contributed by atoms with E-state index in [1.807, 2.05) is 53.4 Å². The summed E-state index contributed by atoms with van der Waals surface area (Å²) < 4.78 is 16.1. The van der Waals surface area contributed by atoms with Crippen LogP contribution in [0.1, 0.15) is 46.8 Å². The van der Waals surface area contributed by atoms with Crippen LogP contribution in [-0.4, -0.2) is 62.1 Å². The summed E-state index contributed by atoms with van der Waals surface area (Å²) in [6.07, 6.45) is 4.80. The summed E-state index contributed by atoms with van der Waals surface area (Å²) in [5, 5.41) is 18.6. The second kappa shape index (κ2) is 12.3. The van der Waals surface area contributed by atoms with E-state index in [0.29, 0.717) is 32.0 Å². The fraction of sp³-hybridized carbons (Fsp3) is 0.333. The Morgan fingerprint density at radius 3 is 2.33 bits per heavy atom. The standard InChI is InChI=1S/C33H34N4O6/c1-41-26-11-6-22(7-12-26)20-24-4-3-5-28-31(24)34-36(32(28)23-8-13-27(42-2)14-9-23)33(38)25-10-15-29(30(21-25)37(39)40)35-16-18-43-19-17-35/h6-15,20-21,28,32H,3-5,16-19H2,1-2H3/b24-20+/t28-,32-/m1/s1. The maximum Gasteiger partial charge on any atom is 0.293 e. The van der Waals surface area contributed by atoms with E-state index in [9.17, 15) is 14.9 Å². The highest BCUT2D eigenvalue weighted by atomic mass is 16.6. The first-order valence-corrected chi connectivity index (χ1v) is 14.5. The van der Waals surface area contributed by atoms with E-state index >= 15 is 0 Å². The molecule has 2 aliphatic heterocycles. The zero-order valence-electron chi connectivity index (χ0n) is 24.3. The van der Waals surface area contributed by atoms with Crippen LogP contribution in [0, 0.1) is 16.0 Å². The molecule has 1 aliphatic carbocycles. The summed E-state index contributed by atoms with van der Waals surface area (Å²) in [6, 6.07) is 19.9. The molecule has 2 fully saturated rings. The fourth-order valence-electron chi connectivity index (χ4n) is 6.21. The van der Waals surface area contributed by atoms with Crippen LogP contribution in [0.15, 0.2) is 77.4 Å². The normalized spacial score (nSPS) is 20.9. The average Bonchev–Trinajstić information content (AvgIpc) is 3.45. The number of carbonyl (C=O) groups excluding carboxylic acids is 1. The molecule has 1 amide bonds. The van der Waals surface area contributed by atoms with Gasteiger partial charge in [-0.1, -0.05) is 24.3 Å². The number of benzene rings is 3. The van der Waals surface area contributed by atoms with Crippen molar-refractivity contribution in [1.82, 2.24) is 5.01 Å². The quantitative estimate of drug-likeness (QED) is 0.253. The van der Waals surface area contributed by atoms with Crippen LogP contribution in [0.25, 0.3) is 6.08 Å². The molecule has 10 heteroatoms. The monoisotopic (exact) mass is 582 g/mol. The highest BCUT2D eigenvalue weighted by Crippen LogP contribution is 2.45. The first kappa shape index (κ1) is 28.4. The van der Waals surface area contributed by atoms with Crippen molar-refractivity contribution < 1.29 is 23.9 Å². The number of fused-ring (bicyclic) bond motifs is 1. The summed E-state index contributed by atoms with van der Waals surface area (Å²) in [7, 11) is 3.26. The number of ether oxygens (including phenoxy) is 3. The maximum atomic E-state index is 14.2. The number of hydrazone groups is 1. The third kappa shape index (κ3) is 5.70. The molecule has 3 aromatic rings. The highest BCUT2D eigenvalue weighted by molar-refractivity contribution is 6.09. The molecule has 6 rings (SSSR count). The van der Waals surface area contributed by atoms with E-state index in [1.54, 1.807) is 26.4 Å². The van der Waals surface area contributed by atoms with Crippen LogP contribution in [0.3, 0.4) is 0 Å². The van der Waals surface area contributed by atoms with Crippen molar-refractivity contribution in [1.29, 1.82) is 0 Å². The minimum atomic E-state index is -0.423. The molecule has 2 atom stereocenters. The number of rotatable bonds is 7. The Kier molecular flexibility index (Phi) is 8.11. The van der Waals surface area contributed by atoms with E-state index in [2.05, 4.69) is 6.08 Å². The fourth-order valence-corrected chi connectivity index (χ4v) is 6.21. The number of carbonyl (C=O) groups is 1. The zero-order valence-corrected chi connectivity index (χ0v) is 24.3. The number of nitrogens with zero attached hydrogens (tertiary/aromatic N) is 4. The Bertz CT molecular complexity index is 1560. The number of morpholine rings is 1. The van der Waals surface area contributed by atoms with Crippen LogP contribution >= 0.6 is 0 Å². The van der Waals surface area contributed by atoms with E-state index in [4.69, 9.17) is 19.3 Å². The molecule has 1 saturated carbocycles. The van der Waals surface area contributed by atoms with Gasteiger partial charge in [0.15, 0.2) is 0 Å². The van der Waals surface area contributed by atoms with Crippen molar-refractivity contribution in [2.24, 2.45) is 11.0 Å². The largest absolute Gasteiger partial charge is 0.497 e. The molecular formula is C33H34N4O6. The lowest BCUT2D eigenvalue weighted by Crippen LogP contribution is -2.36. The number of allylic oxidation sites excluding steroid dienone is 1. The number of nitro groups is 1. The third-order valence-corrected chi connectivity index (χ3v) is 8.39. The van der Waals surface area contributed by atoms with Crippen LogP contribution in [0.2, 0.25) is 0 Å². The van der Waals surface area contributed by atoms with Gasteiger partial charge in [0.2, 0.25) is 0 Å². The predicted molar refractivity (Wildman–Crippen MR) is 164 cm³/mol. The second-order valence-electron chi connectivity index (χ2n) is 10.9. The van der Waals surface area contributed by atoms with Gasteiger partial charge in [0.25, 0.3) is 11.6 Å². The Balaban J connectivity index is 1.39. The van der Waals surface area contributed by atoms with Crippen molar-refractivity contribution in [3.05, 3.63) is 99.1 Å². The van der Waals surface area contributed by atoms with Crippen molar-refractivity contribution in [2.75, 3.05) is 45.4 Å². The maximum absolute atomic E-state index is 14.2. The highest BCUT2D eigenvalue weighted by Gasteiger charge is 2.44. The minimum Gasteiger partial charge on any atom is -0.497 e. The Morgan fingerprint density at radius 2 is 1.67 bits per heavy atom. The molecule has 0 unspecified atom stereocenters. The van der Waals surface area contributed by atoms with E-state index < -0.39 is 4.92 Å². The molecule has 43 heavy (non-hydrogen) atoms. The summed E-state index contributed by atoms with van der Waals surface area (Å²) in [4.78, 5) is 27.8. The molecule has 0 spiro atoms. The Hall–Kier alpha value is -4.70. The van der Waals surface area contributed by atoms with Crippen LogP contribution < -0.4 is 14.4 Å². The van der Waals surface area contributed by atoms with Gasteiger partial charge in [-0.3, -0.25) is 14.9 Å². The molecule has 3 aliphatic rings. The van der Waals surface area contributed by atoms with Crippen LogP contribution in [0.5, 0.6) is 11.5 Å². The number of hydrogen-bond donors (Lipinski definition) is 0. The number of amides is 1. The lowest BCUT2D eigenvalue weighted by Gasteiger charge is -2.30. The Labute approximate surface area is 250 Å². The van der Waals surface area contributed by atoms with Crippen LogP contribution in [-0.2, 0) is 4.74 Å². The van der Waals surface area contributed by atoms with Crippen LogP contribution in [0.4, 0.5) is 11.4 Å². The van der Waals surface area contributed by atoms with Crippen molar-refractivity contribution in [3.8, 4) is 11.5 Å². The second-order valence-corrected chi connectivity index (χ2v) is 10.9. The zero-order chi connectivity index (χ0) is 29.9. The predicted octanol–water partition coefficient (Wildman–Crippen LogP) is 5.89. The smallest absolute Gasteiger partial charge is 0.293 e.